The zero-order valence-corrected chi connectivity index (χ0v) is 10.5. The molecule has 1 aromatic rings. The zero-order chi connectivity index (χ0) is 11.7. The van der Waals surface area contributed by atoms with E-state index in [4.69, 9.17) is 4.52 Å². The Balaban J connectivity index is 1.77. The third kappa shape index (κ3) is 2.21. The van der Waals surface area contributed by atoms with E-state index in [9.17, 15) is 5.11 Å². The number of nitrogens with one attached hydrogen (secondary N) is 1. The topological polar surface area (TPSA) is 71.2 Å². The van der Waals surface area contributed by atoms with Crippen LogP contribution in [0.3, 0.4) is 0 Å². The molecule has 17 heavy (non-hydrogen) atoms. The first-order valence-corrected chi connectivity index (χ1v) is 7.22. The van der Waals surface area contributed by atoms with Crippen molar-refractivity contribution in [2.24, 2.45) is 0 Å². The summed E-state index contributed by atoms with van der Waals surface area (Å²) < 4.78 is 5.24. The Morgan fingerprint density at radius 1 is 1.47 bits per heavy atom. The molecule has 0 aliphatic carbocycles. The van der Waals surface area contributed by atoms with Gasteiger partial charge in [0.1, 0.15) is 0 Å². The highest BCUT2D eigenvalue weighted by Crippen LogP contribution is 2.37. The molecular formula is C11H17N3O2S. The van der Waals surface area contributed by atoms with Gasteiger partial charge < -0.3 is 14.9 Å². The number of thioether (sulfide) groups is 1. The molecular weight excluding hydrogens is 238 g/mol. The molecule has 2 N–H and O–H groups in total. The first-order valence-electron chi connectivity index (χ1n) is 6.17. The van der Waals surface area contributed by atoms with Crippen LogP contribution in [0.25, 0.3) is 0 Å². The van der Waals surface area contributed by atoms with E-state index in [0.717, 1.165) is 18.8 Å². The van der Waals surface area contributed by atoms with Crippen molar-refractivity contribution in [3.8, 4) is 0 Å². The molecule has 5 nitrogen and oxygen atoms in total. The maximum absolute atomic E-state index is 10.3. The van der Waals surface area contributed by atoms with Gasteiger partial charge in [0.25, 0.3) is 5.89 Å². The summed E-state index contributed by atoms with van der Waals surface area (Å²) in [5.74, 6) is 2.30. The number of hydrogen-bond donors (Lipinski definition) is 2. The highest BCUT2D eigenvalue weighted by molar-refractivity contribution is 7.99. The van der Waals surface area contributed by atoms with E-state index in [1.54, 1.807) is 0 Å². The largest absolute Gasteiger partial charge is 0.379 e. The molecule has 1 aromatic heterocycles. The number of nitrogens with zero attached hydrogens (tertiary/aromatic N) is 2. The Kier molecular flexibility index (Phi) is 3.10. The predicted molar refractivity (Wildman–Crippen MR) is 64.7 cm³/mol. The highest BCUT2D eigenvalue weighted by Gasteiger charge is 2.39. The van der Waals surface area contributed by atoms with Crippen molar-refractivity contribution >= 4 is 11.8 Å². The fourth-order valence-corrected chi connectivity index (χ4v) is 3.59. The Morgan fingerprint density at radius 3 is 3.12 bits per heavy atom. The quantitative estimate of drug-likeness (QED) is 0.827. The van der Waals surface area contributed by atoms with Crippen LogP contribution in [0.4, 0.5) is 0 Å². The standard InChI is InChI=1S/C11H17N3O2S/c15-11(4-5-12-7-11)10-13-9(14-16-10)8-3-1-2-6-17-8/h8,12,15H,1-7H2. The summed E-state index contributed by atoms with van der Waals surface area (Å²) in [6.07, 6.45) is 4.26. The van der Waals surface area contributed by atoms with Gasteiger partial charge in [-0.2, -0.15) is 16.7 Å². The average Bonchev–Trinajstić information content (AvgIpc) is 2.99. The minimum Gasteiger partial charge on any atom is -0.379 e. The normalized spacial score (nSPS) is 34.1. The van der Waals surface area contributed by atoms with Gasteiger partial charge in [-0.1, -0.05) is 11.6 Å². The first kappa shape index (κ1) is 11.5. The van der Waals surface area contributed by atoms with Gasteiger partial charge in [-0.3, -0.25) is 0 Å². The summed E-state index contributed by atoms with van der Waals surface area (Å²) in [7, 11) is 0. The Hall–Kier alpha value is -0.590. The number of aliphatic hydroxyl groups is 1. The van der Waals surface area contributed by atoms with Gasteiger partial charge in [0.2, 0.25) is 0 Å². The van der Waals surface area contributed by atoms with Crippen molar-refractivity contribution in [2.45, 2.75) is 36.5 Å². The van der Waals surface area contributed by atoms with Crippen molar-refractivity contribution in [1.82, 2.24) is 15.5 Å². The van der Waals surface area contributed by atoms with Crippen molar-refractivity contribution < 1.29 is 9.63 Å². The van der Waals surface area contributed by atoms with Crippen LogP contribution in [0, 0.1) is 0 Å². The predicted octanol–water partition coefficient (Wildman–Crippen LogP) is 1.21. The second kappa shape index (κ2) is 4.59. The summed E-state index contributed by atoms with van der Waals surface area (Å²) >= 11 is 1.89. The molecule has 3 heterocycles. The van der Waals surface area contributed by atoms with Crippen LogP contribution in [0.15, 0.2) is 4.52 Å². The Bertz CT molecular complexity index is 384. The third-order valence-electron chi connectivity index (χ3n) is 3.44. The second-order valence-electron chi connectivity index (χ2n) is 4.77. The number of rotatable bonds is 2. The van der Waals surface area contributed by atoms with Gasteiger partial charge in [0.05, 0.1) is 5.25 Å². The summed E-state index contributed by atoms with van der Waals surface area (Å²) in [6, 6.07) is 0. The molecule has 2 saturated heterocycles. The van der Waals surface area contributed by atoms with E-state index >= 15 is 0 Å². The highest BCUT2D eigenvalue weighted by atomic mass is 32.2. The third-order valence-corrected chi connectivity index (χ3v) is 4.81. The van der Waals surface area contributed by atoms with E-state index in [0.29, 0.717) is 24.1 Å². The summed E-state index contributed by atoms with van der Waals surface area (Å²) in [5, 5.41) is 17.8. The molecule has 0 bridgehead atoms. The molecule has 6 heteroatoms. The Morgan fingerprint density at radius 2 is 2.41 bits per heavy atom. The van der Waals surface area contributed by atoms with E-state index in [1.165, 1.54) is 18.6 Å². The average molecular weight is 255 g/mol. The number of β-amino-alcohol motifs (C(OH)–C–C–N with tert-alkyl or cyclic N) is 1. The van der Waals surface area contributed by atoms with Gasteiger partial charge in [-0.15, -0.1) is 0 Å². The lowest BCUT2D eigenvalue weighted by atomic mass is 10.0. The lowest BCUT2D eigenvalue weighted by Gasteiger charge is -2.18. The van der Waals surface area contributed by atoms with Gasteiger partial charge >= 0.3 is 0 Å². The van der Waals surface area contributed by atoms with Gasteiger partial charge in [0, 0.05) is 6.54 Å². The van der Waals surface area contributed by atoms with E-state index < -0.39 is 5.60 Å². The van der Waals surface area contributed by atoms with Crippen molar-refractivity contribution in [3.05, 3.63) is 11.7 Å². The van der Waals surface area contributed by atoms with E-state index in [2.05, 4.69) is 15.5 Å². The molecule has 0 radical (unpaired) electrons. The SMILES string of the molecule is OC1(c2nc(C3CCCCS3)no2)CCNC1. The minimum atomic E-state index is -0.954. The van der Waals surface area contributed by atoms with Gasteiger partial charge in [-0.05, 0) is 31.6 Å². The molecule has 0 aromatic carbocycles. The van der Waals surface area contributed by atoms with Gasteiger partial charge in [0.15, 0.2) is 11.4 Å². The van der Waals surface area contributed by atoms with Crippen molar-refractivity contribution in [3.63, 3.8) is 0 Å². The molecule has 3 rings (SSSR count). The first-order chi connectivity index (χ1) is 8.28. The zero-order valence-electron chi connectivity index (χ0n) is 9.69. The van der Waals surface area contributed by atoms with Crippen LogP contribution < -0.4 is 5.32 Å². The minimum absolute atomic E-state index is 0.346. The molecule has 0 amide bonds. The maximum atomic E-state index is 10.3. The number of aromatic nitrogens is 2. The summed E-state index contributed by atoms with van der Waals surface area (Å²) in [5.41, 5.74) is -0.954. The van der Waals surface area contributed by atoms with Crippen LogP contribution in [0.5, 0.6) is 0 Å². The second-order valence-corrected chi connectivity index (χ2v) is 6.08. The van der Waals surface area contributed by atoms with Crippen molar-refractivity contribution in [1.29, 1.82) is 0 Å². The monoisotopic (exact) mass is 255 g/mol. The molecule has 0 spiro atoms. The molecule has 2 unspecified atom stereocenters. The maximum Gasteiger partial charge on any atom is 0.260 e. The lowest BCUT2D eigenvalue weighted by Crippen LogP contribution is -2.28. The molecule has 2 aliphatic heterocycles. The van der Waals surface area contributed by atoms with Crippen LogP contribution in [-0.2, 0) is 5.60 Å². The number of hydrogen-bond acceptors (Lipinski definition) is 6. The molecule has 94 valence electrons. The Labute approximate surface area is 104 Å². The molecule has 0 saturated carbocycles. The van der Waals surface area contributed by atoms with Crippen LogP contribution in [-0.4, -0.2) is 34.1 Å². The van der Waals surface area contributed by atoms with Crippen LogP contribution in [0.2, 0.25) is 0 Å². The fourth-order valence-electron chi connectivity index (χ4n) is 2.36. The summed E-state index contributed by atoms with van der Waals surface area (Å²) in [4.78, 5) is 4.40. The smallest absolute Gasteiger partial charge is 0.260 e. The molecule has 2 fully saturated rings. The van der Waals surface area contributed by atoms with E-state index in [-0.39, 0.29) is 0 Å². The van der Waals surface area contributed by atoms with Gasteiger partial charge in [-0.25, -0.2) is 0 Å². The fraction of sp³-hybridized carbons (Fsp3) is 0.818. The van der Waals surface area contributed by atoms with Crippen LogP contribution >= 0.6 is 11.8 Å². The summed E-state index contributed by atoms with van der Waals surface area (Å²) in [6.45, 7) is 1.30. The molecule has 2 aliphatic rings. The molecule has 2 atom stereocenters. The lowest BCUT2D eigenvalue weighted by molar-refractivity contribution is 0.0243. The van der Waals surface area contributed by atoms with E-state index in [1.807, 2.05) is 11.8 Å². The van der Waals surface area contributed by atoms with Crippen LogP contribution in [0.1, 0.15) is 42.6 Å². The van der Waals surface area contributed by atoms with Crippen molar-refractivity contribution in [2.75, 3.05) is 18.8 Å².